The van der Waals surface area contributed by atoms with Crippen LogP contribution in [0.1, 0.15) is 12.0 Å². The normalized spacial score (nSPS) is 13.4. The summed E-state index contributed by atoms with van der Waals surface area (Å²) in [4.78, 5) is 18.2. The molecule has 0 bridgehead atoms. The third-order valence-electron chi connectivity index (χ3n) is 4.98. The molecule has 166 valence electrons. The Labute approximate surface area is 191 Å². The Kier molecular flexibility index (Phi) is 6.57. The number of sulfonamides is 1. The zero-order valence-electron chi connectivity index (χ0n) is 17.4. The molecule has 1 aliphatic heterocycles. The molecule has 0 atom stereocenters. The number of anilines is 2. The highest BCUT2D eigenvalue weighted by molar-refractivity contribution is 7.92. The molecule has 7 nitrogen and oxygen atoms in total. The lowest BCUT2D eigenvalue weighted by Crippen LogP contribution is -2.38. The summed E-state index contributed by atoms with van der Waals surface area (Å²) in [5.41, 5.74) is 3.15. The van der Waals surface area contributed by atoms with E-state index in [0.29, 0.717) is 41.6 Å². The van der Waals surface area contributed by atoms with Crippen molar-refractivity contribution in [2.24, 2.45) is 0 Å². The second-order valence-corrected chi connectivity index (χ2v) is 10.0. The Hall–Kier alpha value is -3.17. The fraction of sp³-hybridized carbons (Fsp3) is 0.217. The predicted molar refractivity (Wildman–Crippen MR) is 128 cm³/mol. The van der Waals surface area contributed by atoms with Crippen molar-refractivity contribution in [3.8, 4) is 17.0 Å². The number of benzene rings is 2. The van der Waals surface area contributed by atoms with Crippen LogP contribution in [0.5, 0.6) is 5.75 Å². The average molecular weight is 470 g/mol. The first kappa shape index (κ1) is 22.0. The minimum atomic E-state index is -3.50. The van der Waals surface area contributed by atoms with E-state index in [1.54, 1.807) is 22.4 Å². The number of rotatable bonds is 9. The van der Waals surface area contributed by atoms with Gasteiger partial charge in [-0.25, -0.2) is 13.4 Å². The van der Waals surface area contributed by atoms with E-state index in [9.17, 15) is 13.2 Å². The predicted octanol–water partition coefficient (Wildman–Crippen LogP) is 4.10. The minimum Gasteiger partial charge on any atom is -0.482 e. The van der Waals surface area contributed by atoms with Gasteiger partial charge in [0.15, 0.2) is 11.7 Å². The highest BCUT2D eigenvalue weighted by Crippen LogP contribution is 2.36. The summed E-state index contributed by atoms with van der Waals surface area (Å²) in [6.07, 6.45) is 2.88. The summed E-state index contributed by atoms with van der Waals surface area (Å²) in [5.74, 6) is 0.493. The van der Waals surface area contributed by atoms with Gasteiger partial charge in [0.25, 0.3) is 5.91 Å². The molecule has 1 aromatic heterocycles. The Morgan fingerprint density at radius 3 is 2.81 bits per heavy atom. The maximum atomic E-state index is 12.5. The van der Waals surface area contributed by atoms with E-state index in [4.69, 9.17) is 4.74 Å². The van der Waals surface area contributed by atoms with Crippen LogP contribution in [0.25, 0.3) is 11.3 Å². The van der Waals surface area contributed by atoms with Crippen LogP contribution in [-0.4, -0.2) is 38.2 Å². The van der Waals surface area contributed by atoms with E-state index in [0.717, 1.165) is 11.1 Å². The molecule has 4 rings (SSSR count). The van der Waals surface area contributed by atoms with Crippen molar-refractivity contribution in [2.75, 3.05) is 28.5 Å². The number of carbonyl (C=O) groups is 1. The molecule has 0 saturated heterocycles. The van der Waals surface area contributed by atoms with Gasteiger partial charge in [0.1, 0.15) is 5.75 Å². The van der Waals surface area contributed by atoms with Crippen molar-refractivity contribution in [3.63, 3.8) is 0 Å². The maximum Gasteiger partial charge on any atom is 0.265 e. The first-order valence-corrected chi connectivity index (χ1v) is 12.7. The molecule has 1 N–H and O–H groups in total. The van der Waals surface area contributed by atoms with Gasteiger partial charge in [-0.2, -0.15) is 0 Å². The number of ether oxygens (including phenoxy) is 1. The highest BCUT2D eigenvalue weighted by atomic mass is 32.2. The molecule has 0 aliphatic carbocycles. The molecule has 0 saturated carbocycles. The Balaban J connectivity index is 1.44. The van der Waals surface area contributed by atoms with Crippen LogP contribution >= 0.6 is 11.3 Å². The molecule has 0 spiro atoms. The van der Waals surface area contributed by atoms with Crippen molar-refractivity contribution in [1.29, 1.82) is 0 Å². The highest BCUT2D eigenvalue weighted by Gasteiger charge is 2.25. The molecule has 2 aromatic carbocycles. The molecule has 0 radical (unpaired) electrons. The van der Waals surface area contributed by atoms with Gasteiger partial charge in [-0.05, 0) is 36.6 Å². The van der Waals surface area contributed by atoms with Gasteiger partial charge in [0, 0.05) is 17.5 Å². The first-order chi connectivity index (χ1) is 15.4. The Morgan fingerprint density at radius 2 is 2.03 bits per heavy atom. The van der Waals surface area contributed by atoms with Gasteiger partial charge in [-0.1, -0.05) is 36.4 Å². The number of thiazole rings is 1. The number of nitrogens with zero attached hydrogens (tertiary/aromatic N) is 2. The molecule has 9 heteroatoms. The molecule has 0 fully saturated rings. The minimum absolute atomic E-state index is 0.00686. The molecule has 0 unspecified atom stereocenters. The van der Waals surface area contributed by atoms with Crippen LogP contribution in [0, 0.1) is 0 Å². The number of fused-ring (bicyclic) bond motifs is 1. The summed E-state index contributed by atoms with van der Waals surface area (Å²) in [6.45, 7) is 4.08. The first-order valence-electron chi connectivity index (χ1n) is 10.1. The number of aromatic nitrogens is 1. The van der Waals surface area contributed by atoms with Crippen molar-refractivity contribution in [1.82, 2.24) is 4.98 Å². The van der Waals surface area contributed by atoms with Crippen LogP contribution in [-0.2, 0) is 21.2 Å². The number of nitrogens with one attached hydrogen (secondary N) is 1. The number of hydrogen-bond donors (Lipinski definition) is 1. The van der Waals surface area contributed by atoms with Gasteiger partial charge in [0.2, 0.25) is 10.0 Å². The fourth-order valence-electron chi connectivity index (χ4n) is 3.44. The standard InChI is InChI=1S/C23H23N3O4S2/c1-2-12-26-20-14-18(10-11-21(20)30-15-22(26)27)19-16-31-23(24-19)25-32(28,29)13-6-9-17-7-4-3-5-8-17/h2-5,7-8,10-11,14,16H,1,6,9,12-13,15H2,(H,24,25). The zero-order valence-corrected chi connectivity index (χ0v) is 19.0. The molecule has 32 heavy (non-hydrogen) atoms. The summed E-state index contributed by atoms with van der Waals surface area (Å²) < 4.78 is 33.0. The lowest BCUT2D eigenvalue weighted by molar-refractivity contribution is -0.121. The molecule has 3 aromatic rings. The van der Waals surface area contributed by atoms with E-state index in [-0.39, 0.29) is 18.3 Å². The topological polar surface area (TPSA) is 88.6 Å². The number of amides is 1. The lowest BCUT2D eigenvalue weighted by atomic mass is 10.1. The van der Waals surface area contributed by atoms with E-state index >= 15 is 0 Å². The molecule has 2 heterocycles. The zero-order chi connectivity index (χ0) is 22.6. The fourth-order valence-corrected chi connectivity index (χ4v) is 5.51. The van der Waals surface area contributed by atoms with Crippen molar-refractivity contribution < 1.29 is 17.9 Å². The van der Waals surface area contributed by atoms with Gasteiger partial charge in [-0.3, -0.25) is 9.52 Å². The largest absolute Gasteiger partial charge is 0.482 e. The van der Waals surface area contributed by atoms with Crippen LogP contribution in [0.2, 0.25) is 0 Å². The SMILES string of the molecule is C=CCN1C(=O)COc2ccc(-c3csc(NS(=O)(=O)CCCc4ccccc4)n3)cc21. The van der Waals surface area contributed by atoms with E-state index in [1.807, 2.05) is 42.5 Å². The van der Waals surface area contributed by atoms with Gasteiger partial charge in [-0.15, -0.1) is 17.9 Å². The quantitative estimate of drug-likeness (QED) is 0.477. The summed E-state index contributed by atoms with van der Waals surface area (Å²) in [5, 5.41) is 2.10. The van der Waals surface area contributed by atoms with Crippen LogP contribution < -0.4 is 14.4 Å². The average Bonchev–Trinajstić information content (AvgIpc) is 3.24. The monoisotopic (exact) mass is 469 g/mol. The molecular weight excluding hydrogens is 446 g/mol. The second-order valence-electron chi connectivity index (χ2n) is 7.31. The Bertz CT molecular complexity index is 1220. The molecule has 1 amide bonds. The smallest absolute Gasteiger partial charge is 0.265 e. The summed E-state index contributed by atoms with van der Waals surface area (Å²) >= 11 is 1.22. The number of aryl methyl sites for hydroxylation is 1. The molecular formula is C23H23N3O4S2. The van der Waals surface area contributed by atoms with Crippen molar-refractivity contribution >= 4 is 38.1 Å². The van der Waals surface area contributed by atoms with Gasteiger partial charge in [0.05, 0.1) is 17.1 Å². The maximum absolute atomic E-state index is 12.5. The number of carbonyl (C=O) groups excluding carboxylic acids is 1. The lowest BCUT2D eigenvalue weighted by Gasteiger charge is -2.28. The van der Waals surface area contributed by atoms with Crippen molar-refractivity contribution in [2.45, 2.75) is 12.8 Å². The van der Waals surface area contributed by atoms with Crippen molar-refractivity contribution in [3.05, 3.63) is 72.1 Å². The second kappa shape index (κ2) is 9.54. The third kappa shape index (κ3) is 5.17. The summed E-state index contributed by atoms with van der Waals surface area (Å²) in [6, 6.07) is 15.3. The third-order valence-corrected chi connectivity index (χ3v) is 7.20. The van der Waals surface area contributed by atoms with E-state index < -0.39 is 10.0 Å². The molecule has 1 aliphatic rings. The van der Waals surface area contributed by atoms with Crippen LogP contribution in [0.15, 0.2) is 66.6 Å². The van der Waals surface area contributed by atoms with E-state index in [1.165, 1.54) is 11.3 Å². The van der Waals surface area contributed by atoms with Gasteiger partial charge >= 0.3 is 0 Å². The Morgan fingerprint density at radius 1 is 1.22 bits per heavy atom. The van der Waals surface area contributed by atoms with Gasteiger partial charge < -0.3 is 9.64 Å². The van der Waals surface area contributed by atoms with E-state index in [2.05, 4.69) is 16.3 Å². The van der Waals surface area contributed by atoms with Crippen LogP contribution in [0.4, 0.5) is 10.8 Å². The summed E-state index contributed by atoms with van der Waals surface area (Å²) in [7, 11) is -3.50. The van der Waals surface area contributed by atoms with Crippen LogP contribution in [0.3, 0.4) is 0 Å². The number of hydrogen-bond acceptors (Lipinski definition) is 6.